The van der Waals surface area contributed by atoms with Crippen molar-refractivity contribution in [3.63, 3.8) is 0 Å². The minimum atomic E-state index is -0.774. The maximum atomic E-state index is 12.4. The topological polar surface area (TPSA) is 49.3 Å². The van der Waals surface area contributed by atoms with Crippen molar-refractivity contribution in [3.8, 4) is 0 Å². The van der Waals surface area contributed by atoms with E-state index in [1.54, 1.807) is 0 Å². The number of hydrogen-bond acceptors (Lipinski definition) is 2. The maximum absolute atomic E-state index is 12.4. The third-order valence-electron chi connectivity index (χ3n) is 4.99. The second kappa shape index (κ2) is 5.45. The molecule has 0 saturated heterocycles. The molecule has 1 aromatic rings. The first kappa shape index (κ1) is 14.6. The minimum absolute atomic E-state index is 0.00490. The minimum Gasteiger partial charge on any atom is -0.389 e. The summed E-state index contributed by atoms with van der Waals surface area (Å²) in [6, 6.07) is 8.39. The molecular formula is C18H25NO2. The smallest absolute Gasteiger partial charge is 0.223 e. The highest BCUT2D eigenvalue weighted by Gasteiger charge is 2.37. The lowest BCUT2D eigenvalue weighted by Gasteiger charge is -2.33. The summed E-state index contributed by atoms with van der Waals surface area (Å²) in [4.78, 5) is 12.4. The van der Waals surface area contributed by atoms with E-state index in [9.17, 15) is 9.90 Å². The maximum Gasteiger partial charge on any atom is 0.223 e. The summed E-state index contributed by atoms with van der Waals surface area (Å²) in [7, 11) is 0. The Bertz CT molecular complexity index is 507. The van der Waals surface area contributed by atoms with Crippen LogP contribution < -0.4 is 5.32 Å². The van der Waals surface area contributed by atoms with Gasteiger partial charge in [0.15, 0.2) is 0 Å². The molecule has 3 heteroatoms. The van der Waals surface area contributed by atoms with Crippen molar-refractivity contribution in [2.45, 2.75) is 69.4 Å². The molecule has 1 saturated carbocycles. The number of amides is 1. The van der Waals surface area contributed by atoms with Crippen LogP contribution in [0.2, 0.25) is 0 Å². The van der Waals surface area contributed by atoms with Gasteiger partial charge in [-0.15, -0.1) is 0 Å². The lowest BCUT2D eigenvalue weighted by Crippen LogP contribution is -2.49. The Hall–Kier alpha value is -1.35. The number of nitrogens with one attached hydrogen (secondary N) is 1. The van der Waals surface area contributed by atoms with Gasteiger partial charge in [0.2, 0.25) is 5.91 Å². The normalized spacial score (nSPS) is 22.6. The molecule has 0 spiro atoms. The number of carbonyl (C=O) groups is 1. The predicted molar refractivity (Wildman–Crippen MR) is 83.0 cm³/mol. The molecule has 3 rings (SSSR count). The fraction of sp³-hybridized carbons (Fsp3) is 0.611. The van der Waals surface area contributed by atoms with Gasteiger partial charge in [-0.05, 0) is 43.7 Å². The van der Waals surface area contributed by atoms with Crippen LogP contribution >= 0.6 is 0 Å². The molecule has 1 aromatic carbocycles. The van der Waals surface area contributed by atoms with Crippen molar-refractivity contribution >= 4 is 5.91 Å². The van der Waals surface area contributed by atoms with E-state index in [0.29, 0.717) is 0 Å². The number of fused-ring (bicyclic) bond motifs is 1. The number of aliphatic hydroxyl groups is 1. The van der Waals surface area contributed by atoms with Crippen molar-refractivity contribution < 1.29 is 9.90 Å². The van der Waals surface area contributed by atoms with Crippen molar-refractivity contribution in [2.75, 3.05) is 0 Å². The summed E-state index contributed by atoms with van der Waals surface area (Å²) in [6.07, 6.45) is 6.78. The lowest BCUT2D eigenvalue weighted by molar-refractivity contribution is -0.129. The summed E-state index contributed by atoms with van der Waals surface area (Å²) in [5.74, 6) is -0.00490. The highest BCUT2D eigenvalue weighted by atomic mass is 16.3. The highest BCUT2D eigenvalue weighted by Crippen LogP contribution is 2.33. The highest BCUT2D eigenvalue weighted by molar-refractivity contribution is 5.78. The first-order valence-electron chi connectivity index (χ1n) is 8.08. The molecule has 0 aliphatic heterocycles. The van der Waals surface area contributed by atoms with E-state index < -0.39 is 5.60 Å². The van der Waals surface area contributed by atoms with Crippen molar-refractivity contribution in [2.24, 2.45) is 0 Å². The third kappa shape index (κ3) is 3.29. The Morgan fingerprint density at radius 2 is 1.71 bits per heavy atom. The van der Waals surface area contributed by atoms with Crippen LogP contribution in [0, 0.1) is 0 Å². The number of benzene rings is 1. The first-order chi connectivity index (χ1) is 9.98. The van der Waals surface area contributed by atoms with Crippen LogP contribution in [0.15, 0.2) is 24.3 Å². The van der Waals surface area contributed by atoms with Crippen molar-refractivity contribution in [1.29, 1.82) is 0 Å². The van der Waals surface area contributed by atoms with Crippen LogP contribution in [-0.4, -0.2) is 22.2 Å². The second-order valence-electron chi connectivity index (χ2n) is 7.19. The predicted octanol–water partition coefficient (Wildman–Crippen LogP) is 2.75. The van der Waals surface area contributed by atoms with Crippen LogP contribution in [0.25, 0.3) is 0 Å². The van der Waals surface area contributed by atoms with Gasteiger partial charge in [0, 0.05) is 5.54 Å². The van der Waals surface area contributed by atoms with E-state index >= 15 is 0 Å². The zero-order valence-corrected chi connectivity index (χ0v) is 12.8. The third-order valence-corrected chi connectivity index (χ3v) is 4.99. The lowest BCUT2D eigenvalue weighted by atomic mass is 9.82. The van der Waals surface area contributed by atoms with Crippen LogP contribution in [0.3, 0.4) is 0 Å². The van der Waals surface area contributed by atoms with Crippen LogP contribution in [0.1, 0.15) is 56.6 Å². The van der Waals surface area contributed by atoms with E-state index in [2.05, 4.69) is 36.5 Å². The van der Waals surface area contributed by atoms with Crippen LogP contribution in [0.5, 0.6) is 0 Å². The standard InChI is InChI=1S/C18H25NO2/c1-17(11-14-7-3-4-8-15(14)12-17)19-16(20)13-18(21)9-5-2-6-10-18/h3-4,7-8,21H,2,5-6,9-13H2,1H3,(H,19,20). The van der Waals surface area contributed by atoms with E-state index in [1.807, 2.05) is 0 Å². The first-order valence-corrected chi connectivity index (χ1v) is 8.08. The number of rotatable bonds is 3. The fourth-order valence-corrected chi connectivity index (χ4v) is 3.96. The average molecular weight is 287 g/mol. The fourth-order valence-electron chi connectivity index (χ4n) is 3.96. The van der Waals surface area contributed by atoms with Gasteiger partial charge in [0.25, 0.3) is 0 Å². The van der Waals surface area contributed by atoms with Gasteiger partial charge in [-0.1, -0.05) is 43.5 Å². The van der Waals surface area contributed by atoms with Gasteiger partial charge in [-0.3, -0.25) is 4.79 Å². The van der Waals surface area contributed by atoms with Gasteiger partial charge in [0.05, 0.1) is 12.0 Å². The van der Waals surface area contributed by atoms with E-state index in [0.717, 1.165) is 38.5 Å². The van der Waals surface area contributed by atoms with E-state index in [4.69, 9.17) is 0 Å². The molecule has 3 nitrogen and oxygen atoms in total. The zero-order valence-electron chi connectivity index (χ0n) is 12.8. The number of hydrogen-bond donors (Lipinski definition) is 2. The SMILES string of the molecule is CC1(NC(=O)CC2(O)CCCCC2)Cc2ccccc2C1. The summed E-state index contributed by atoms with van der Waals surface area (Å²) in [6.45, 7) is 2.11. The quantitative estimate of drug-likeness (QED) is 0.898. The van der Waals surface area contributed by atoms with Gasteiger partial charge >= 0.3 is 0 Å². The molecule has 21 heavy (non-hydrogen) atoms. The van der Waals surface area contributed by atoms with Gasteiger partial charge in [-0.2, -0.15) is 0 Å². The van der Waals surface area contributed by atoms with E-state index in [1.165, 1.54) is 17.5 Å². The Labute approximate surface area is 126 Å². The Kier molecular flexibility index (Phi) is 3.78. The van der Waals surface area contributed by atoms with Crippen molar-refractivity contribution in [3.05, 3.63) is 35.4 Å². The average Bonchev–Trinajstić information content (AvgIpc) is 2.73. The molecule has 1 amide bonds. The summed E-state index contributed by atoms with van der Waals surface area (Å²) >= 11 is 0. The molecule has 0 atom stereocenters. The Morgan fingerprint density at radius 1 is 1.14 bits per heavy atom. The number of carbonyl (C=O) groups excluding carboxylic acids is 1. The summed E-state index contributed by atoms with van der Waals surface area (Å²) in [5.41, 5.74) is 1.68. The van der Waals surface area contributed by atoms with Crippen LogP contribution in [-0.2, 0) is 17.6 Å². The molecule has 2 aliphatic carbocycles. The summed E-state index contributed by atoms with van der Waals surface area (Å²) < 4.78 is 0. The molecule has 0 heterocycles. The molecule has 1 fully saturated rings. The largest absolute Gasteiger partial charge is 0.389 e. The molecular weight excluding hydrogens is 262 g/mol. The molecule has 0 radical (unpaired) electrons. The molecule has 2 N–H and O–H groups in total. The Morgan fingerprint density at radius 3 is 2.29 bits per heavy atom. The van der Waals surface area contributed by atoms with Gasteiger partial charge in [0.1, 0.15) is 0 Å². The van der Waals surface area contributed by atoms with Gasteiger partial charge < -0.3 is 10.4 Å². The van der Waals surface area contributed by atoms with Crippen LogP contribution in [0.4, 0.5) is 0 Å². The zero-order chi connectivity index (χ0) is 14.9. The molecule has 114 valence electrons. The molecule has 2 aliphatic rings. The van der Waals surface area contributed by atoms with E-state index in [-0.39, 0.29) is 17.9 Å². The molecule has 0 aromatic heterocycles. The monoisotopic (exact) mass is 287 g/mol. The van der Waals surface area contributed by atoms with Gasteiger partial charge in [-0.25, -0.2) is 0 Å². The second-order valence-corrected chi connectivity index (χ2v) is 7.19. The Balaban J connectivity index is 1.61. The molecule has 0 bridgehead atoms. The molecule has 0 unspecified atom stereocenters. The van der Waals surface area contributed by atoms with Crippen molar-refractivity contribution in [1.82, 2.24) is 5.32 Å². The summed E-state index contributed by atoms with van der Waals surface area (Å²) in [5, 5.41) is 13.7.